The van der Waals surface area contributed by atoms with Crippen molar-refractivity contribution in [1.29, 1.82) is 0 Å². The quantitative estimate of drug-likeness (QED) is 0.745. The molecule has 0 atom stereocenters. The van der Waals surface area contributed by atoms with Gasteiger partial charge in [-0.05, 0) is 26.8 Å². The van der Waals surface area contributed by atoms with Gasteiger partial charge in [-0.25, -0.2) is 4.68 Å². The number of hydrogen-bond donors (Lipinski definition) is 1. The Morgan fingerprint density at radius 3 is 2.89 bits per heavy atom. The van der Waals surface area contributed by atoms with Gasteiger partial charge in [0.15, 0.2) is 0 Å². The van der Waals surface area contributed by atoms with Gasteiger partial charge in [0, 0.05) is 32.3 Å². The third-order valence-corrected chi connectivity index (χ3v) is 3.45. The van der Waals surface area contributed by atoms with Crippen molar-refractivity contribution in [2.75, 3.05) is 33.5 Å². The smallest absolute Gasteiger partial charge is 0.0999 e. The molecule has 0 aliphatic carbocycles. The highest BCUT2D eigenvalue weighted by Gasteiger charge is 2.24. The molecule has 0 saturated carbocycles. The Kier molecular flexibility index (Phi) is 5.75. The Balaban J connectivity index is 2.12. The normalized spacial score (nSPS) is 16.9. The maximum absolute atomic E-state index is 5.45. The van der Waals surface area contributed by atoms with Crippen LogP contribution in [0.5, 0.6) is 0 Å². The highest BCUT2D eigenvalue weighted by Crippen LogP contribution is 2.28. The first-order valence-electron chi connectivity index (χ1n) is 7.09. The van der Waals surface area contributed by atoms with Crippen molar-refractivity contribution in [3.8, 4) is 0 Å². The lowest BCUT2D eigenvalue weighted by atomic mass is 9.94. The van der Waals surface area contributed by atoms with Gasteiger partial charge >= 0.3 is 0 Å². The van der Waals surface area contributed by atoms with E-state index in [2.05, 4.69) is 15.6 Å². The summed E-state index contributed by atoms with van der Waals surface area (Å²) in [6.07, 6.45) is 2.11. The van der Waals surface area contributed by atoms with Crippen molar-refractivity contribution in [1.82, 2.24) is 20.3 Å². The van der Waals surface area contributed by atoms with Crippen LogP contribution in [0.1, 0.15) is 37.1 Å². The molecule has 1 aromatic rings. The second-order valence-electron chi connectivity index (χ2n) is 4.76. The van der Waals surface area contributed by atoms with Crippen LogP contribution in [0.25, 0.3) is 0 Å². The summed E-state index contributed by atoms with van der Waals surface area (Å²) in [6, 6.07) is 0. The fraction of sp³-hybridized carbons (Fsp3) is 0.846. The Hall–Kier alpha value is -0.980. The molecule has 108 valence electrons. The predicted octanol–water partition coefficient (Wildman–Crippen LogP) is 0.928. The van der Waals surface area contributed by atoms with E-state index in [0.29, 0.717) is 12.5 Å². The van der Waals surface area contributed by atoms with E-state index < -0.39 is 0 Å². The SMILES string of the molecule is CCOCCn1nnc(CNC)c1C1CCOCC1. The van der Waals surface area contributed by atoms with E-state index in [0.717, 1.165) is 51.4 Å². The van der Waals surface area contributed by atoms with Gasteiger partial charge in [0.2, 0.25) is 0 Å². The Labute approximate surface area is 114 Å². The summed E-state index contributed by atoms with van der Waals surface area (Å²) in [5, 5.41) is 11.8. The zero-order valence-corrected chi connectivity index (χ0v) is 11.9. The standard InChI is InChI=1S/C13H24N4O2/c1-3-18-9-6-17-13(11-4-7-19-8-5-11)12(10-14-2)15-16-17/h11,14H,3-10H2,1-2H3. The summed E-state index contributed by atoms with van der Waals surface area (Å²) < 4.78 is 12.9. The van der Waals surface area contributed by atoms with E-state index in [1.165, 1.54) is 5.69 Å². The van der Waals surface area contributed by atoms with Gasteiger partial charge in [-0.3, -0.25) is 0 Å². The summed E-state index contributed by atoms with van der Waals surface area (Å²) >= 11 is 0. The zero-order valence-electron chi connectivity index (χ0n) is 11.9. The van der Waals surface area contributed by atoms with E-state index in [1.54, 1.807) is 0 Å². The first-order valence-corrected chi connectivity index (χ1v) is 7.09. The van der Waals surface area contributed by atoms with Crippen LogP contribution >= 0.6 is 0 Å². The van der Waals surface area contributed by atoms with Crippen molar-refractivity contribution >= 4 is 0 Å². The second kappa shape index (κ2) is 7.57. The average Bonchev–Trinajstić information content (AvgIpc) is 2.84. The van der Waals surface area contributed by atoms with E-state index in [9.17, 15) is 0 Å². The summed E-state index contributed by atoms with van der Waals surface area (Å²) in [4.78, 5) is 0. The van der Waals surface area contributed by atoms with Crippen LogP contribution in [0.3, 0.4) is 0 Å². The topological polar surface area (TPSA) is 61.2 Å². The molecular formula is C13H24N4O2. The molecule has 0 radical (unpaired) electrons. The molecule has 0 aromatic carbocycles. The van der Waals surface area contributed by atoms with Gasteiger partial charge in [-0.2, -0.15) is 0 Å². The van der Waals surface area contributed by atoms with Crippen LogP contribution in [0.2, 0.25) is 0 Å². The zero-order chi connectivity index (χ0) is 13.5. The molecule has 19 heavy (non-hydrogen) atoms. The van der Waals surface area contributed by atoms with E-state index in [-0.39, 0.29) is 0 Å². The third kappa shape index (κ3) is 3.75. The molecule has 0 spiro atoms. The minimum atomic E-state index is 0.508. The molecule has 1 aromatic heterocycles. The van der Waals surface area contributed by atoms with Crippen LogP contribution in [0.4, 0.5) is 0 Å². The fourth-order valence-corrected chi connectivity index (χ4v) is 2.53. The molecule has 1 aliphatic rings. The molecule has 2 heterocycles. The van der Waals surface area contributed by atoms with E-state index in [1.807, 2.05) is 18.7 Å². The molecule has 1 aliphatic heterocycles. The van der Waals surface area contributed by atoms with Gasteiger partial charge in [0.05, 0.1) is 24.5 Å². The molecule has 1 saturated heterocycles. The summed E-state index contributed by atoms with van der Waals surface area (Å²) in [6.45, 7) is 6.64. The summed E-state index contributed by atoms with van der Waals surface area (Å²) in [5.41, 5.74) is 2.32. The van der Waals surface area contributed by atoms with Crippen molar-refractivity contribution in [2.45, 2.75) is 38.8 Å². The van der Waals surface area contributed by atoms with Gasteiger partial charge in [0.25, 0.3) is 0 Å². The molecule has 1 N–H and O–H groups in total. The number of aromatic nitrogens is 3. The largest absolute Gasteiger partial charge is 0.381 e. The van der Waals surface area contributed by atoms with Crippen LogP contribution in [-0.4, -0.2) is 48.5 Å². The molecular weight excluding hydrogens is 244 g/mol. The fourth-order valence-electron chi connectivity index (χ4n) is 2.53. The number of nitrogens with one attached hydrogen (secondary N) is 1. The van der Waals surface area contributed by atoms with Crippen LogP contribution in [0, 0.1) is 0 Å². The van der Waals surface area contributed by atoms with Crippen molar-refractivity contribution in [3.63, 3.8) is 0 Å². The third-order valence-electron chi connectivity index (χ3n) is 3.45. The lowest BCUT2D eigenvalue weighted by molar-refractivity contribution is 0.0822. The lowest BCUT2D eigenvalue weighted by Gasteiger charge is -2.23. The van der Waals surface area contributed by atoms with E-state index >= 15 is 0 Å². The predicted molar refractivity (Wildman–Crippen MR) is 72.1 cm³/mol. The second-order valence-corrected chi connectivity index (χ2v) is 4.76. The first-order chi connectivity index (χ1) is 9.36. The number of hydrogen-bond acceptors (Lipinski definition) is 5. The maximum atomic E-state index is 5.45. The van der Waals surface area contributed by atoms with E-state index in [4.69, 9.17) is 9.47 Å². The van der Waals surface area contributed by atoms with Gasteiger partial charge in [-0.1, -0.05) is 5.21 Å². The molecule has 0 amide bonds. The molecule has 2 rings (SSSR count). The van der Waals surface area contributed by atoms with Gasteiger partial charge < -0.3 is 14.8 Å². The molecule has 6 nitrogen and oxygen atoms in total. The molecule has 6 heteroatoms. The maximum Gasteiger partial charge on any atom is 0.0999 e. The minimum absolute atomic E-state index is 0.508. The highest BCUT2D eigenvalue weighted by atomic mass is 16.5. The van der Waals surface area contributed by atoms with Crippen molar-refractivity contribution < 1.29 is 9.47 Å². The minimum Gasteiger partial charge on any atom is -0.381 e. The number of nitrogens with zero attached hydrogens (tertiary/aromatic N) is 3. The van der Waals surface area contributed by atoms with Crippen molar-refractivity contribution in [3.05, 3.63) is 11.4 Å². The monoisotopic (exact) mass is 268 g/mol. The molecule has 0 unspecified atom stereocenters. The Morgan fingerprint density at radius 1 is 1.42 bits per heavy atom. The average molecular weight is 268 g/mol. The van der Waals surface area contributed by atoms with Gasteiger partial charge in [-0.15, -0.1) is 5.10 Å². The van der Waals surface area contributed by atoms with Gasteiger partial charge in [0.1, 0.15) is 0 Å². The molecule has 1 fully saturated rings. The Bertz CT molecular complexity index is 375. The Morgan fingerprint density at radius 2 is 2.21 bits per heavy atom. The molecule has 0 bridgehead atoms. The van der Waals surface area contributed by atoms with Crippen LogP contribution in [0.15, 0.2) is 0 Å². The van der Waals surface area contributed by atoms with Crippen LogP contribution in [-0.2, 0) is 22.6 Å². The van der Waals surface area contributed by atoms with Crippen LogP contribution < -0.4 is 5.32 Å². The number of rotatable bonds is 7. The highest BCUT2D eigenvalue weighted by molar-refractivity contribution is 5.16. The lowest BCUT2D eigenvalue weighted by Crippen LogP contribution is -2.21. The van der Waals surface area contributed by atoms with Crippen molar-refractivity contribution in [2.24, 2.45) is 0 Å². The first kappa shape index (κ1) is 14.4. The summed E-state index contributed by atoms with van der Waals surface area (Å²) in [7, 11) is 1.94. The summed E-state index contributed by atoms with van der Waals surface area (Å²) in [5.74, 6) is 0.508. The number of ether oxygens (including phenoxy) is 2.